The Bertz CT molecular complexity index is 1080. The Morgan fingerprint density at radius 1 is 1.09 bits per heavy atom. The lowest BCUT2D eigenvalue weighted by atomic mass is 10.0. The first-order valence-electron chi connectivity index (χ1n) is 11.7. The van der Waals surface area contributed by atoms with Crippen LogP contribution in [0.15, 0.2) is 60.7 Å². The second-order valence-corrected chi connectivity index (χ2v) is 9.25. The van der Waals surface area contributed by atoms with Crippen LogP contribution in [0.4, 0.5) is 8.78 Å². The normalized spacial score (nSPS) is 18.9. The molecule has 3 amide bonds. The summed E-state index contributed by atoms with van der Waals surface area (Å²) in [6, 6.07) is 9.94. The largest absolute Gasteiger partial charge is 0.368 e. The number of benzene rings is 2. The molecule has 1 heterocycles. The standard InChI is InChI=1S/C27H31F2N3O3/c1-17(2)16-31-23(20-8-5-4-6-9-20)10-7-11-24(27(31)35)32(18(3)26(30)34)25(33)14-19-12-21(28)15-22(29)13-19/h4-10,12-13,15,17-18,23-24H,11,14,16H2,1-3H3,(H2,30,34)/t18-,23-,24-/m0/s1. The molecule has 8 heteroatoms. The van der Waals surface area contributed by atoms with Crippen molar-refractivity contribution in [2.24, 2.45) is 11.7 Å². The van der Waals surface area contributed by atoms with E-state index in [1.165, 1.54) is 11.8 Å². The van der Waals surface area contributed by atoms with E-state index < -0.39 is 35.5 Å². The highest BCUT2D eigenvalue weighted by Gasteiger charge is 2.40. The number of carbonyl (C=O) groups is 3. The number of nitrogens with zero attached hydrogens (tertiary/aromatic N) is 2. The SMILES string of the molecule is CC(C)CN1C(=O)[C@@H](N(C(=O)Cc2cc(F)cc(F)c2)[C@@H](C)C(N)=O)CC=C[C@H]1c1ccccc1. The fraction of sp³-hybridized carbons (Fsp3) is 0.370. The summed E-state index contributed by atoms with van der Waals surface area (Å²) in [5, 5.41) is 0. The molecule has 2 aromatic rings. The van der Waals surface area contributed by atoms with Gasteiger partial charge in [-0.2, -0.15) is 0 Å². The van der Waals surface area contributed by atoms with Crippen molar-refractivity contribution in [1.29, 1.82) is 0 Å². The molecule has 2 N–H and O–H groups in total. The van der Waals surface area contributed by atoms with Crippen LogP contribution in [0.1, 0.15) is 44.4 Å². The van der Waals surface area contributed by atoms with Gasteiger partial charge in [-0.25, -0.2) is 8.78 Å². The van der Waals surface area contributed by atoms with Crippen molar-refractivity contribution in [1.82, 2.24) is 9.80 Å². The van der Waals surface area contributed by atoms with E-state index in [0.717, 1.165) is 17.7 Å². The molecule has 6 nitrogen and oxygen atoms in total. The topological polar surface area (TPSA) is 83.7 Å². The molecule has 2 aromatic carbocycles. The lowest BCUT2D eigenvalue weighted by molar-refractivity contribution is -0.151. The van der Waals surface area contributed by atoms with Crippen LogP contribution in [0.5, 0.6) is 0 Å². The van der Waals surface area contributed by atoms with E-state index in [0.29, 0.717) is 12.6 Å². The molecule has 0 radical (unpaired) electrons. The van der Waals surface area contributed by atoms with Crippen molar-refractivity contribution in [3.8, 4) is 0 Å². The Balaban J connectivity index is 1.99. The fourth-order valence-electron chi connectivity index (χ4n) is 4.42. The molecule has 0 fully saturated rings. The lowest BCUT2D eigenvalue weighted by Gasteiger charge is -2.38. The Hall–Kier alpha value is -3.55. The zero-order valence-corrected chi connectivity index (χ0v) is 20.2. The first-order valence-corrected chi connectivity index (χ1v) is 11.7. The second kappa shape index (κ2) is 11.3. The molecule has 3 atom stereocenters. The highest BCUT2D eigenvalue weighted by molar-refractivity contribution is 5.93. The van der Waals surface area contributed by atoms with Crippen LogP contribution >= 0.6 is 0 Å². The maximum absolute atomic E-state index is 13.9. The molecule has 1 aliphatic heterocycles. The summed E-state index contributed by atoms with van der Waals surface area (Å²) in [5.74, 6) is -3.19. The van der Waals surface area contributed by atoms with Crippen LogP contribution < -0.4 is 5.73 Å². The second-order valence-electron chi connectivity index (χ2n) is 9.25. The van der Waals surface area contributed by atoms with Crippen molar-refractivity contribution in [3.05, 3.63) is 83.4 Å². The average Bonchev–Trinajstić information content (AvgIpc) is 2.93. The third-order valence-electron chi connectivity index (χ3n) is 6.02. The number of halogens is 2. The molecule has 0 unspecified atom stereocenters. The van der Waals surface area contributed by atoms with Gasteiger partial charge in [0.25, 0.3) is 0 Å². The quantitative estimate of drug-likeness (QED) is 0.581. The van der Waals surface area contributed by atoms with Gasteiger partial charge in [-0.1, -0.05) is 56.3 Å². The molecule has 0 spiro atoms. The van der Waals surface area contributed by atoms with Crippen LogP contribution in [-0.4, -0.2) is 46.1 Å². The summed E-state index contributed by atoms with van der Waals surface area (Å²) in [7, 11) is 0. The highest BCUT2D eigenvalue weighted by atomic mass is 19.1. The van der Waals surface area contributed by atoms with Crippen LogP contribution in [0.3, 0.4) is 0 Å². The first kappa shape index (κ1) is 26.1. The number of amides is 3. The van der Waals surface area contributed by atoms with Crippen molar-refractivity contribution >= 4 is 17.7 Å². The molecule has 0 aliphatic carbocycles. The molecule has 0 saturated heterocycles. The van der Waals surface area contributed by atoms with Gasteiger partial charge in [-0.05, 0) is 42.5 Å². The number of nitrogens with two attached hydrogens (primary N) is 1. The van der Waals surface area contributed by atoms with Crippen LogP contribution in [0.25, 0.3) is 0 Å². The van der Waals surface area contributed by atoms with Crippen molar-refractivity contribution in [2.75, 3.05) is 6.54 Å². The minimum Gasteiger partial charge on any atom is -0.368 e. The molecule has 35 heavy (non-hydrogen) atoms. The van der Waals surface area contributed by atoms with E-state index in [2.05, 4.69) is 0 Å². The number of primary amides is 1. The summed E-state index contributed by atoms with van der Waals surface area (Å²) in [6.45, 7) is 5.87. The summed E-state index contributed by atoms with van der Waals surface area (Å²) in [6.07, 6.45) is 3.55. The zero-order chi connectivity index (χ0) is 25.7. The molecule has 0 bridgehead atoms. The monoisotopic (exact) mass is 483 g/mol. The Morgan fingerprint density at radius 2 is 1.71 bits per heavy atom. The Morgan fingerprint density at radius 3 is 2.29 bits per heavy atom. The number of carbonyl (C=O) groups excluding carboxylic acids is 3. The third-order valence-corrected chi connectivity index (χ3v) is 6.02. The average molecular weight is 484 g/mol. The van der Waals surface area contributed by atoms with E-state index >= 15 is 0 Å². The number of hydrogen-bond acceptors (Lipinski definition) is 3. The molecular formula is C27H31F2N3O3. The van der Waals surface area contributed by atoms with Gasteiger partial charge in [0.1, 0.15) is 23.7 Å². The van der Waals surface area contributed by atoms with Gasteiger partial charge < -0.3 is 15.5 Å². The van der Waals surface area contributed by atoms with Gasteiger partial charge in [0.05, 0.1) is 12.5 Å². The minimum absolute atomic E-state index is 0.104. The van der Waals surface area contributed by atoms with E-state index in [-0.39, 0.29) is 36.3 Å². The summed E-state index contributed by atoms with van der Waals surface area (Å²) in [4.78, 5) is 42.3. The van der Waals surface area contributed by atoms with Crippen LogP contribution in [0, 0.1) is 17.6 Å². The Labute approximate surface area is 204 Å². The van der Waals surface area contributed by atoms with Gasteiger partial charge in [0.15, 0.2) is 0 Å². The molecule has 1 aliphatic rings. The number of hydrogen-bond donors (Lipinski definition) is 1. The smallest absolute Gasteiger partial charge is 0.246 e. The molecular weight excluding hydrogens is 452 g/mol. The van der Waals surface area contributed by atoms with Crippen LogP contribution in [-0.2, 0) is 20.8 Å². The van der Waals surface area contributed by atoms with Gasteiger partial charge >= 0.3 is 0 Å². The minimum atomic E-state index is -1.10. The lowest BCUT2D eigenvalue weighted by Crippen LogP contribution is -2.57. The Kier molecular flexibility index (Phi) is 8.38. The van der Waals surface area contributed by atoms with Gasteiger partial charge in [-0.15, -0.1) is 0 Å². The molecule has 186 valence electrons. The predicted octanol–water partition coefficient (Wildman–Crippen LogP) is 3.76. The third kappa shape index (κ3) is 6.32. The van der Waals surface area contributed by atoms with Crippen molar-refractivity contribution in [3.63, 3.8) is 0 Å². The maximum atomic E-state index is 13.9. The van der Waals surface area contributed by atoms with E-state index in [9.17, 15) is 23.2 Å². The highest BCUT2D eigenvalue weighted by Crippen LogP contribution is 2.30. The van der Waals surface area contributed by atoms with Gasteiger partial charge in [0, 0.05) is 12.6 Å². The zero-order valence-electron chi connectivity index (χ0n) is 20.2. The van der Waals surface area contributed by atoms with Crippen molar-refractivity contribution in [2.45, 2.75) is 51.7 Å². The van der Waals surface area contributed by atoms with Crippen molar-refractivity contribution < 1.29 is 23.2 Å². The van der Waals surface area contributed by atoms with Crippen LogP contribution in [0.2, 0.25) is 0 Å². The summed E-state index contributed by atoms with van der Waals surface area (Å²) in [5.41, 5.74) is 6.57. The van der Waals surface area contributed by atoms with E-state index in [1.807, 2.05) is 56.3 Å². The van der Waals surface area contributed by atoms with Gasteiger partial charge in [-0.3, -0.25) is 14.4 Å². The first-order chi connectivity index (χ1) is 16.6. The molecule has 0 aromatic heterocycles. The van der Waals surface area contributed by atoms with Gasteiger partial charge in [0.2, 0.25) is 17.7 Å². The molecule has 0 saturated carbocycles. The summed E-state index contributed by atoms with van der Waals surface area (Å²) < 4.78 is 27.4. The van der Waals surface area contributed by atoms with E-state index in [4.69, 9.17) is 5.73 Å². The molecule has 3 rings (SSSR count). The fourth-order valence-corrected chi connectivity index (χ4v) is 4.42. The summed E-state index contributed by atoms with van der Waals surface area (Å²) >= 11 is 0. The predicted molar refractivity (Wildman–Crippen MR) is 129 cm³/mol. The van der Waals surface area contributed by atoms with E-state index in [1.54, 1.807) is 4.90 Å². The maximum Gasteiger partial charge on any atom is 0.246 e. The number of rotatable bonds is 8.